The number of aromatic nitrogens is 1. The molecule has 1 atom stereocenters. The van der Waals surface area contributed by atoms with E-state index in [1.165, 1.54) is 4.90 Å². The van der Waals surface area contributed by atoms with Gasteiger partial charge in [-0.25, -0.2) is 0 Å². The Morgan fingerprint density at radius 3 is 2.73 bits per heavy atom. The summed E-state index contributed by atoms with van der Waals surface area (Å²) >= 11 is 0. The lowest BCUT2D eigenvalue weighted by Gasteiger charge is -2.33. The first-order valence-corrected chi connectivity index (χ1v) is 8.57. The summed E-state index contributed by atoms with van der Waals surface area (Å²) in [6, 6.07) is 5.25. The van der Waals surface area contributed by atoms with Crippen molar-refractivity contribution < 1.29 is 14.3 Å². The highest BCUT2D eigenvalue weighted by Gasteiger charge is 2.36. The molecule has 134 valence electrons. The summed E-state index contributed by atoms with van der Waals surface area (Å²) in [6.07, 6.45) is 5.46. The highest BCUT2D eigenvalue weighted by Crippen LogP contribution is 2.37. The Bertz CT molecular complexity index is 997. The van der Waals surface area contributed by atoms with E-state index in [4.69, 9.17) is 4.74 Å². The molecular weight excluding hydrogens is 330 g/mol. The number of aromatic amines is 1. The summed E-state index contributed by atoms with van der Waals surface area (Å²) in [5, 5.41) is 3.71. The molecule has 1 fully saturated rings. The Balaban J connectivity index is 2.01. The van der Waals surface area contributed by atoms with E-state index >= 15 is 0 Å². The quantitative estimate of drug-likeness (QED) is 0.829. The van der Waals surface area contributed by atoms with Gasteiger partial charge in [-0.3, -0.25) is 14.5 Å². The van der Waals surface area contributed by atoms with Crippen LogP contribution in [0.4, 0.5) is 0 Å². The monoisotopic (exact) mass is 351 g/mol. The number of carbonyl (C=O) groups is 2. The minimum Gasteiger partial charge on any atom is -0.497 e. The van der Waals surface area contributed by atoms with E-state index < -0.39 is 6.04 Å². The molecule has 1 aromatic heterocycles. The first-order valence-electron chi connectivity index (χ1n) is 8.57. The van der Waals surface area contributed by atoms with E-state index in [-0.39, 0.29) is 17.2 Å². The summed E-state index contributed by atoms with van der Waals surface area (Å²) < 4.78 is 5.32. The van der Waals surface area contributed by atoms with Gasteiger partial charge in [-0.2, -0.15) is 0 Å². The van der Waals surface area contributed by atoms with Crippen LogP contribution in [0.3, 0.4) is 0 Å². The van der Waals surface area contributed by atoms with E-state index in [1.54, 1.807) is 26.3 Å². The van der Waals surface area contributed by atoms with Crippen LogP contribution in [-0.4, -0.2) is 34.8 Å². The number of carbonyl (C=O) groups excluding carboxylic acids is 2. The minimum atomic E-state index is -0.543. The van der Waals surface area contributed by atoms with Gasteiger partial charge in [-0.1, -0.05) is 19.9 Å². The first-order chi connectivity index (χ1) is 12.3. The van der Waals surface area contributed by atoms with Gasteiger partial charge < -0.3 is 15.0 Å². The van der Waals surface area contributed by atoms with Crippen molar-refractivity contribution in [1.29, 1.82) is 0 Å². The molecule has 2 N–H and O–H groups in total. The predicted octanol–water partition coefficient (Wildman–Crippen LogP) is 2.67. The van der Waals surface area contributed by atoms with Crippen LogP contribution in [-0.2, 0) is 15.0 Å². The number of amides is 2. The van der Waals surface area contributed by atoms with E-state index in [0.29, 0.717) is 5.70 Å². The largest absolute Gasteiger partial charge is 0.497 e. The van der Waals surface area contributed by atoms with Crippen molar-refractivity contribution in [2.24, 2.45) is 0 Å². The number of hydrogen-bond donors (Lipinski definition) is 2. The van der Waals surface area contributed by atoms with Crippen LogP contribution >= 0.6 is 0 Å². The fraction of sp³-hybridized carbons (Fsp3) is 0.300. The highest BCUT2D eigenvalue weighted by molar-refractivity contribution is 6.09. The molecule has 2 aromatic rings. The number of nitrogens with zero attached hydrogens (tertiary/aromatic N) is 1. The molecule has 1 aromatic carbocycles. The second-order valence-electron chi connectivity index (χ2n) is 7.30. The third-order valence-electron chi connectivity index (χ3n) is 5.06. The van der Waals surface area contributed by atoms with Gasteiger partial charge in [-0.15, -0.1) is 0 Å². The summed E-state index contributed by atoms with van der Waals surface area (Å²) in [5.74, 6) is 0.358. The Morgan fingerprint density at radius 1 is 1.23 bits per heavy atom. The topological polar surface area (TPSA) is 74.4 Å². The molecule has 0 saturated carbocycles. The zero-order chi connectivity index (χ0) is 18.6. The predicted molar refractivity (Wildman–Crippen MR) is 99.4 cm³/mol. The number of hydrogen-bond acceptors (Lipinski definition) is 3. The van der Waals surface area contributed by atoms with Crippen LogP contribution < -0.4 is 10.1 Å². The van der Waals surface area contributed by atoms with Gasteiger partial charge in [0, 0.05) is 39.8 Å². The van der Waals surface area contributed by atoms with Crippen molar-refractivity contribution in [3.63, 3.8) is 0 Å². The van der Waals surface area contributed by atoms with Crippen molar-refractivity contribution in [3.8, 4) is 5.75 Å². The summed E-state index contributed by atoms with van der Waals surface area (Å²) in [5.41, 5.74) is 2.81. The van der Waals surface area contributed by atoms with Crippen LogP contribution in [0.5, 0.6) is 5.75 Å². The Labute approximate surface area is 151 Å². The molecule has 4 rings (SSSR count). The lowest BCUT2D eigenvalue weighted by atomic mass is 9.85. The third-order valence-corrected chi connectivity index (χ3v) is 5.06. The number of H-pyrrole nitrogens is 1. The zero-order valence-corrected chi connectivity index (χ0v) is 15.2. The van der Waals surface area contributed by atoms with Crippen molar-refractivity contribution >= 4 is 28.8 Å². The van der Waals surface area contributed by atoms with Crippen LogP contribution in [0, 0.1) is 0 Å². The Kier molecular flexibility index (Phi) is 3.47. The van der Waals surface area contributed by atoms with Gasteiger partial charge >= 0.3 is 0 Å². The van der Waals surface area contributed by atoms with Crippen LogP contribution in [0.2, 0.25) is 0 Å². The molecule has 6 nitrogen and oxygen atoms in total. The third kappa shape index (κ3) is 2.33. The minimum absolute atomic E-state index is 0.145. The van der Waals surface area contributed by atoms with Crippen molar-refractivity contribution in [2.45, 2.75) is 32.2 Å². The number of fused-ring (bicyclic) bond motifs is 4. The lowest BCUT2D eigenvalue weighted by Crippen LogP contribution is -2.53. The van der Waals surface area contributed by atoms with Gasteiger partial charge in [0.05, 0.1) is 7.11 Å². The molecule has 0 radical (unpaired) electrons. The molecular formula is C20H21N3O3. The zero-order valence-electron chi connectivity index (χ0n) is 15.2. The summed E-state index contributed by atoms with van der Waals surface area (Å²) in [7, 11) is 1.63. The first kappa shape index (κ1) is 16.4. The van der Waals surface area contributed by atoms with E-state index in [0.717, 1.165) is 27.9 Å². The molecule has 2 aliphatic heterocycles. The normalized spacial score (nSPS) is 23.5. The Morgan fingerprint density at radius 2 is 2.00 bits per heavy atom. The number of allylic oxidation sites excluding steroid dienone is 1. The number of benzene rings is 1. The van der Waals surface area contributed by atoms with Crippen molar-refractivity contribution in [1.82, 2.24) is 15.2 Å². The van der Waals surface area contributed by atoms with Crippen molar-refractivity contribution in [2.75, 3.05) is 7.11 Å². The fourth-order valence-corrected chi connectivity index (χ4v) is 3.52. The van der Waals surface area contributed by atoms with Gasteiger partial charge in [0.1, 0.15) is 17.5 Å². The maximum Gasteiger partial charge on any atom is 0.269 e. The maximum absolute atomic E-state index is 12.6. The molecule has 0 aliphatic carbocycles. The Hall–Kier alpha value is -3.02. The molecule has 2 aliphatic rings. The summed E-state index contributed by atoms with van der Waals surface area (Å²) in [6.45, 7) is 5.84. The van der Waals surface area contributed by atoms with Crippen molar-refractivity contribution in [3.05, 3.63) is 47.4 Å². The molecule has 0 unspecified atom stereocenters. The van der Waals surface area contributed by atoms with Gasteiger partial charge in [0.25, 0.3) is 11.8 Å². The smallest absolute Gasteiger partial charge is 0.269 e. The number of methoxy groups -OCH3 is 1. The second kappa shape index (κ2) is 5.49. The average Bonchev–Trinajstić information content (AvgIpc) is 2.96. The molecule has 26 heavy (non-hydrogen) atoms. The molecule has 2 amide bonds. The summed E-state index contributed by atoms with van der Waals surface area (Å²) in [4.78, 5) is 30.0. The molecule has 0 bridgehead atoms. The maximum atomic E-state index is 12.6. The van der Waals surface area contributed by atoms with Crippen LogP contribution in [0.25, 0.3) is 17.0 Å². The molecule has 0 spiro atoms. The number of nitrogens with one attached hydrogen (secondary N) is 2. The number of piperazine rings is 1. The SMILES string of the molecule is COc1ccc2c3c([nH]c2c1)C(C)(C)C=CN1C(=O)[C@H](C)NC(=O)/C1=C/3. The van der Waals surface area contributed by atoms with Gasteiger partial charge in [0.15, 0.2) is 0 Å². The standard InChI is InChI=1S/C20H21N3O3/c1-11-19(25)23-8-7-20(2,3)17-14(10-16(23)18(24)21-11)13-6-5-12(26-4)9-15(13)22-17/h5-11,22H,1-4H3,(H,21,24)/b8-7?,16-10-/t11-/m0/s1. The molecule has 6 heteroatoms. The van der Waals surface area contributed by atoms with Gasteiger partial charge in [0.2, 0.25) is 0 Å². The van der Waals surface area contributed by atoms with E-state index in [1.807, 2.05) is 24.3 Å². The highest BCUT2D eigenvalue weighted by atomic mass is 16.5. The number of ether oxygens (including phenoxy) is 1. The molecule has 3 heterocycles. The van der Waals surface area contributed by atoms with Crippen LogP contribution in [0.15, 0.2) is 36.2 Å². The fourth-order valence-electron chi connectivity index (χ4n) is 3.52. The van der Waals surface area contributed by atoms with E-state index in [2.05, 4.69) is 24.1 Å². The molecule has 1 saturated heterocycles. The second-order valence-corrected chi connectivity index (χ2v) is 7.30. The van der Waals surface area contributed by atoms with E-state index in [9.17, 15) is 9.59 Å². The van der Waals surface area contributed by atoms with Gasteiger partial charge in [-0.05, 0) is 25.1 Å². The van der Waals surface area contributed by atoms with Crippen LogP contribution in [0.1, 0.15) is 32.0 Å². The number of rotatable bonds is 1. The average molecular weight is 351 g/mol. The lowest BCUT2D eigenvalue weighted by molar-refractivity contribution is -0.137.